The Labute approximate surface area is 220 Å². The van der Waals surface area contributed by atoms with E-state index >= 15 is 0 Å². The van der Waals surface area contributed by atoms with Gasteiger partial charge in [0.25, 0.3) is 0 Å². The number of hydrogen-bond acceptors (Lipinski definition) is 4. The van der Waals surface area contributed by atoms with Gasteiger partial charge >= 0.3 is 0 Å². The number of aromatic nitrogens is 2. The number of hydrogen-bond donors (Lipinski definition) is 0. The second-order valence-electron chi connectivity index (χ2n) is 9.83. The van der Waals surface area contributed by atoms with Crippen molar-refractivity contribution in [1.82, 2.24) is 19.6 Å². The number of anilines is 1. The van der Waals surface area contributed by atoms with Crippen molar-refractivity contribution in [1.29, 1.82) is 0 Å². The molecule has 198 valence electrons. The van der Waals surface area contributed by atoms with E-state index in [1.807, 2.05) is 52.9 Å². The van der Waals surface area contributed by atoms with E-state index in [0.29, 0.717) is 18.8 Å². The molecule has 1 amide bonds. The van der Waals surface area contributed by atoms with Crippen LogP contribution in [0, 0.1) is 12.7 Å². The molecule has 1 unspecified atom stereocenters. The number of carbonyl (C=O) groups excluding carboxylic acids is 1. The van der Waals surface area contributed by atoms with Gasteiger partial charge in [0.1, 0.15) is 11.6 Å². The zero-order chi connectivity index (χ0) is 26.4. The highest BCUT2D eigenvalue weighted by molar-refractivity contribution is 5.84. The molecule has 1 atom stereocenters. The van der Waals surface area contributed by atoms with Crippen LogP contribution in [0.5, 0.6) is 0 Å². The Balaban J connectivity index is 1.73. The Hall–Kier alpha value is -3.19. The summed E-state index contributed by atoms with van der Waals surface area (Å²) in [7, 11) is 0. The van der Waals surface area contributed by atoms with Gasteiger partial charge < -0.3 is 14.7 Å². The molecule has 6 nitrogen and oxygen atoms in total. The van der Waals surface area contributed by atoms with Crippen LogP contribution in [0.25, 0.3) is 5.69 Å². The normalized spacial score (nSPS) is 15.1. The van der Waals surface area contributed by atoms with Gasteiger partial charge in [-0.3, -0.25) is 4.79 Å². The van der Waals surface area contributed by atoms with E-state index in [1.165, 1.54) is 12.1 Å². The number of nitrogens with zero attached hydrogens (tertiary/aromatic N) is 5. The maximum Gasteiger partial charge on any atom is 0.230 e. The largest absolute Gasteiger partial charge is 0.354 e. The van der Waals surface area contributed by atoms with Crippen LogP contribution in [0.3, 0.4) is 0 Å². The maximum atomic E-state index is 14.2. The van der Waals surface area contributed by atoms with E-state index in [-0.39, 0.29) is 17.6 Å². The van der Waals surface area contributed by atoms with Crippen LogP contribution in [0.2, 0.25) is 0 Å². The fraction of sp³-hybridized carbons (Fsp3) is 0.467. The molecule has 0 saturated carbocycles. The summed E-state index contributed by atoms with van der Waals surface area (Å²) in [4.78, 5) is 20.7. The first kappa shape index (κ1) is 26.9. The molecule has 2 heterocycles. The highest BCUT2D eigenvalue weighted by Gasteiger charge is 2.30. The lowest BCUT2D eigenvalue weighted by molar-refractivity contribution is -0.133. The second-order valence-corrected chi connectivity index (χ2v) is 9.83. The van der Waals surface area contributed by atoms with Crippen LogP contribution in [0.15, 0.2) is 54.6 Å². The lowest BCUT2D eigenvalue weighted by atomic mass is 9.94. The van der Waals surface area contributed by atoms with Gasteiger partial charge in [0.15, 0.2) is 0 Å². The molecule has 37 heavy (non-hydrogen) atoms. The van der Waals surface area contributed by atoms with Crippen molar-refractivity contribution in [3.63, 3.8) is 0 Å². The molecule has 0 radical (unpaired) electrons. The number of piperazine rings is 1. The van der Waals surface area contributed by atoms with Crippen molar-refractivity contribution in [3.8, 4) is 5.69 Å². The van der Waals surface area contributed by atoms with Crippen LogP contribution in [0.4, 0.5) is 10.2 Å². The van der Waals surface area contributed by atoms with Crippen LogP contribution >= 0.6 is 0 Å². The predicted octanol–water partition coefficient (Wildman–Crippen LogP) is 5.39. The first-order valence-corrected chi connectivity index (χ1v) is 13.6. The summed E-state index contributed by atoms with van der Waals surface area (Å²) in [6.45, 7) is 14.2. The monoisotopic (exact) mass is 505 g/mol. The molecule has 2 aromatic carbocycles. The summed E-state index contributed by atoms with van der Waals surface area (Å²) < 4.78 is 16.1. The Morgan fingerprint density at radius 2 is 1.76 bits per heavy atom. The standard InChI is InChI=1S/C30H40FN5O/c1-5-16-35(30(37)27(6-2)24-12-9-8-10-13-24)22-28-23(4)32-36(26-15-11-14-25(31)21-26)29(28)34-19-17-33(7-3)18-20-34/h8-15,21,27H,5-7,16-20,22H2,1-4H3. The molecule has 1 aliphatic rings. The van der Waals surface area contributed by atoms with Crippen molar-refractivity contribution in [2.75, 3.05) is 44.2 Å². The molecular weight excluding hydrogens is 465 g/mol. The highest BCUT2D eigenvalue weighted by atomic mass is 19.1. The van der Waals surface area contributed by atoms with Gasteiger partial charge in [0.05, 0.1) is 23.8 Å². The number of aryl methyl sites for hydroxylation is 1. The lowest BCUT2D eigenvalue weighted by Crippen LogP contribution is -2.47. The molecule has 1 aromatic heterocycles. The zero-order valence-electron chi connectivity index (χ0n) is 22.7. The van der Waals surface area contributed by atoms with Gasteiger partial charge in [0, 0.05) is 38.3 Å². The highest BCUT2D eigenvalue weighted by Crippen LogP contribution is 2.31. The third-order valence-electron chi connectivity index (χ3n) is 7.39. The summed E-state index contributed by atoms with van der Waals surface area (Å²) in [5.41, 5.74) is 3.67. The van der Waals surface area contributed by atoms with Gasteiger partial charge in [-0.05, 0) is 50.1 Å². The summed E-state index contributed by atoms with van der Waals surface area (Å²) in [6.07, 6.45) is 1.62. The van der Waals surface area contributed by atoms with Crippen molar-refractivity contribution < 1.29 is 9.18 Å². The number of carbonyl (C=O) groups is 1. The number of benzene rings is 2. The molecule has 0 bridgehead atoms. The number of halogens is 1. The van der Waals surface area contributed by atoms with Crippen molar-refractivity contribution >= 4 is 11.7 Å². The van der Waals surface area contributed by atoms with E-state index in [9.17, 15) is 9.18 Å². The number of rotatable bonds is 10. The Kier molecular flexibility index (Phi) is 8.98. The average Bonchev–Trinajstić information content (AvgIpc) is 3.25. The smallest absolute Gasteiger partial charge is 0.230 e. The maximum absolute atomic E-state index is 14.2. The third kappa shape index (κ3) is 6.04. The Bertz CT molecular complexity index is 1170. The quantitative estimate of drug-likeness (QED) is 0.370. The van der Waals surface area contributed by atoms with Crippen molar-refractivity contribution in [2.24, 2.45) is 0 Å². The molecule has 3 aromatic rings. The predicted molar refractivity (Wildman–Crippen MR) is 148 cm³/mol. The minimum Gasteiger partial charge on any atom is -0.354 e. The fourth-order valence-corrected chi connectivity index (χ4v) is 5.31. The van der Waals surface area contributed by atoms with E-state index in [4.69, 9.17) is 5.10 Å². The van der Waals surface area contributed by atoms with E-state index < -0.39 is 0 Å². The second kappa shape index (κ2) is 12.4. The van der Waals surface area contributed by atoms with Crippen LogP contribution in [0.1, 0.15) is 56.4 Å². The Morgan fingerprint density at radius 1 is 1.03 bits per heavy atom. The SMILES string of the molecule is CCCN(Cc1c(C)nn(-c2cccc(F)c2)c1N1CCN(CC)CC1)C(=O)C(CC)c1ccccc1. The Morgan fingerprint density at radius 3 is 2.38 bits per heavy atom. The number of likely N-dealkylation sites (N-methyl/N-ethyl adjacent to an activating group) is 1. The molecule has 0 N–H and O–H groups in total. The molecule has 7 heteroatoms. The fourth-order valence-electron chi connectivity index (χ4n) is 5.31. The molecule has 0 spiro atoms. The molecule has 1 fully saturated rings. The number of amides is 1. The lowest BCUT2D eigenvalue weighted by Gasteiger charge is -2.36. The molecule has 1 saturated heterocycles. The van der Waals surface area contributed by atoms with E-state index in [1.54, 1.807) is 6.07 Å². The van der Waals surface area contributed by atoms with E-state index in [2.05, 4.69) is 30.6 Å². The van der Waals surface area contributed by atoms with Crippen molar-refractivity contribution in [2.45, 2.75) is 53.0 Å². The van der Waals surface area contributed by atoms with Gasteiger partial charge in [-0.15, -0.1) is 0 Å². The minimum absolute atomic E-state index is 0.148. The summed E-state index contributed by atoms with van der Waals surface area (Å²) in [6, 6.07) is 16.7. The molecule has 4 rings (SSSR count). The minimum atomic E-state index is -0.287. The van der Waals surface area contributed by atoms with Gasteiger partial charge in [0.2, 0.25) is 5.91 Å². The topological polar surface area (TPSA) is 44.6 Å². The first-order valence-electron chi connectivity index (χ1n) is 13.6. The summed E-state index contributed by atoms with van der Waals surface area (Å²) in [5.74, 6) is 0.656. The summed E-state index contributed by atoms with van der Waals surface area (Å²) >= 11 is 0. The van der Waals surface area contributed by atoms with Gasteiger partial charge in [-0.25, -0.2) is 9.07 Å². The van der Waals surface area contributed by atoms with Gasteiger partial charge in [-0.2, -0.15) is 5.10 Å². The van der Waals surface area contributed by atoms with Gasteiger partial charge in [-0.1, -0.05) is 57.2 Å². The average molecular weight is 506 g/mol. The van der Waals surface area contributed by atoms with E-state index in [0.717, 1.165) is 68.2 Å². The first-order chi connectivity index (χ1) is 18.0. The molecule has 1 aliphatic heterocycles. The molecule has 0 aliphatic carbocycles. The van der Waals surface area contributed by atoms with Crippen molar-refractivity contribution in [3.05, 3.63) is 77.2 Å². The molecular formula is C30H40FN5O. The van der Waals surface area contributed by atoms with Crippen LogP contribution in [-0.4, -0.2) is 64.8 Å². The third-order valence-corrected chi connectivity index (χ3v) is 7.39. The van der Waals surface area contributed by atoms with Crippen LogP contribution < -0.4 is 4.90 Å². The van der Waals surface area contributed by atoms with Crippen LogP contribution in [-0.2, 0) is 11.3 Å². The summed E-state index contributed by atoms with van der Waals surface area (Å²) in [5, 5.41) is 4.89. The zero-order valence-corrected chi connectivity index (χ0v) is 22.7.